The fourth-order valence-electron chi connectivity index (χ4n) is 1.14. The van der Waals surface area contributed by atoms with Gasteiger partial charge in [0.05, 0.1) is 5.69 Å². The minimum atomic E-state index is -4.01. The first-order valence-corrected chi connectivity index (χ1v) is 6.59. The molecule has 0 aliphatic carbocycles. The summed E-state index contributed by atoms with van der Waals surface area (Å²) in [6.07, 6.45) is 0.233. The van der Waals surface area contributed by atoms with E-state index in [-0.39, 0.29) is 30.3 Å². The van der Waals surface area contributed by atoms with Crippen molar-refractivity contribution in [1.82, 2.24) is 4.72 Å². The van der Waals surface area contributed by atoms with Crippen LogP contribution >= 0.6 is 11.6 Å². The van der Waals surface area contributed by atoms with E-state index in [9.17, 15) is 12.8 Å². The molecule has 0 aliphatic rings. The molecule has 0 atom stereocenters. The number of aliphatic hydroxyl groups excluding tert-OH is 1. The maximum absolute atomic E-state index is 13.5. The summed E-state index contributed by atoms with van der Waals surface area (Å²) in [5.74, 6) is -1.04. The third kappa shape index (κ3) is 3.53. The summed E-state index contributed by atoms with van der Waals surface area (Å²) in [5, 5.41) is 8.56. The van der Waals surface area contributed by atoms with E-state index >= 15 is 0 Å². The van der Waals surface area contributed by atoms with Crippen LogP contribution in [0.15, 0.2) is 17.0 Å². The summed E-state index contributed by atoms with van der Waals surface area (Å²) >= 11 is 5.61. The second-order valence-electron chi connectivity index (χ2n) is 3.28. The maximum Gasteiger partial charge on any atom is 0.243 e. The first-order chi connectivity index (χ1) is 7.88. The number of nitrogen functional groups attached to an aromatic ring is 1. The second kappa shape index (κ2) is 5.63. The minimum Gasteiger partial charge on any atom is -0.396 e. The molecule has 8 heteroatoms. The molecule has 0 spiro atoms. The Morgan fingerprint density at radius 3 is 2.71 bits per heavy atom. The smallest absolute Gasteiger partial charge is 0.243 e. The van der Waals surface area contributed by atoms with E-state index in [0.29, 0.717) is 0 Å². The largest absolute Gasteiger partial charge is 0.396 e. The van der Waals surface area contributed by atoms with Crippen molar-refractivity contribution in [2.45, 2.75) is 11.3 Å². The number of nitrogens with two attached hydrogens (primary N) is 1. The van der Waals surface area contributed by atoms with Gasteiger partial charge in [-0.05, 0) is 18.6 Å². The summed E-state index contributed by atoms with van der Waals surface area (Å²) in [5.41, 5.74) is 4.95. The minimum absolute atomic E-state index is 0.00465. The van der Waals surface area contributed by atoms with Gasteiger partial charge in [0.2, 0.25) is 10.0 Å². The summed E-state index contributed by atoms with van der Waals surface area (Å²) in [4.78, 5) is -0.597. The molecule has 0 bridgehead atoms. The predicted octanol–water partition coefficient (Wildman–Crippen LogP) is 0.722. The summed E-state index contributed by atoms with van der Waals surface area (Å²) in [6, 6.07) is 2.11. The molecule has 1 aromatic carbocycles. The second-order valence-corrected chi connectivity index (χ2v) is 5.45. The normalized spacial score (nSPS) is 11.7. The van der Waals surface area contributed by atoms with Gasteiger partial charge in [0.1, 0.15) is 4.90 Å². The van der Waals surface area contributed by atoms with Crippen LogP contribution in [0, 0.1) is 5.82 Å². The van der Waals surface area contributed by atoms with E-state index < -0.39 is 20.7 Å². The monoisotopic (exact) mass is 282 g/mol. The van der Waals surface area contributed by atoms with Crippen LogP contribution in [-0.4, -0.2) is 26.7 Å². The molecule has 96 valence electrons. The van der Waals surface area contributed by atoms with E-state index in [0.717, 1.165) is 12.1 Å². The first-order valence-electron chi connectivity index (χ1n) is 4.73. The van der Waals surface area contributed by atoms with Gasteiger partial charge in [-0.1, -0.05) is 11.6 Å². The van der Waals surface area contributed by atoms with E-state index in [1.807, 2.05) is 0 Å². The number of halogens is 2. The average Bonchev–Trinajstić information content (AvgIpc) is 2.23. The van der Waals surface area contributed by atoms with E-state index in [1.165, 1.54) is 0 Å². The highest BCUT2D eigenvalue weighted by Gasteiger charge is 2.21. The molecule has 1 rings (SSSR count). The van der Waals surface area contributed by atoms with Crippen LogP contribution in [0.4, 0.5) is 10.1 Å². The van der Waals surface area contributed by atoms with Crippen molar-refractivity contribution in [1.29, 1.82) is 0 Å². The zero-order valence-corrected chi connectivity index (χ0v) is 10.4. The third-order valence-electron chi connectivity index (χ3n) is 1.95. The van der Waals surface area contributed by atoms with Crippen molar-refractivity contribution in [3.63, 3.8) is 0 Å². The number of aliphatic hydroxyl groups is 1. The number of nitrogens with one attached hydrogen (secondary N) is 1. The van der Waals surface area contributed by atoms with Crippen LogP contribution in [0.1, 0.15) is 6.42 Å². The molecule has 0 radical (unpaired) electrons. The lowest BCUT2D eigenvalue weighted by Gasteiger charge is -2.09. The van der Waals surface area contributed by atoms with E-state index in [2.05, 4.69) is 4.72 Å². The quantitative estimate of drug-likeness (QED) is 0.548. The fourth-order valence-corrected chi connectivity index (χ4v) is 2.64. The standard InChI is InChI=1S/C9H12ClFN2O3S/c10-6-4-7(12)9(11)8(5-6)17(15,16)13-2-1-3-14/h4-5,13-14H,1-3,12H2. The molecule has 17 heavy (non-hydrogen) atoms. The Kier molecular flexibility index (Phi) is 4.70. The molecule has 0 heterocycles. The Balaban J connectivity index is 3.06. The summed E-state index contributed by atoms with van der Waals surface area (Å²) in [6.45, 7) is -0.159. The fraction of sp³-hybridized carbons (Fsp3) is 0.333. The molecule has 0 aliphatic heterocycles. The van der Waals surface area contributed by atoms with Gasteiger partial charge < -0.3 is 10.8 Å². The zero-order valence-electron chi connectivity index (χ0n) is 8.78. The molecular weight excluding hydrogens is 271 g/mol. The molecule has 5 nitrogen and oxygen atoms in total. The molecular formula is C9H12ClFN2O3S. The Morgan fingerprint density at radius 2 is 2.12 bits per heavy atom. The topological polar surface area (TPSA) is 92.4 Å². The lowest BCUT2D eigenvalue weighted by Crippen LogP contribution is -2.26. The Labute approximate surface area is 103 Å². The highest BCUT2D eigenvalue weighted by atomic mass is 35.5. The highest BCUT2D eigenvalue weighted by molar-refractivity contribution is 7.89. The molecule has 1 aromatic rings. The van der Waals surface area contributed by atoms with Gasteiger partial charge >= 0.3 is 0 Å². The molecule has 0 aromatic heterocycles. The SMILES string of the molecule is Nc1cc(Cl)cc(S(=O)(=O)NCCCO)c1F. The Morgan fingerprint density at radius 1 is 1.47 bits per heavy atom. The maximum atomic E-state index is 13.5. The molecule has 0 saturated heterocycles. The third-order valence-corrected chi connectivity index (χ3v) is 3.63. The summed E-state index contributed by atoms with van der Waals surface area (Å²) in [7, 11) is -4.01. The molecule has 4 N–H and O–H groups in total. The van der Waals surface area contributed by atoms with Crippen molar-refractivity contribution in [3.8, 4) is 0 Å². The number of rotatable bonds is 5. The van der Waals surface area contributed by atoms with E-state index in [1.54, 1.807) is 0 Å². The number of sulfonamides is 1. The van der Waals surface area contributed by atoms with Crippen LogP contribution in [0.25, 0.3) is 0 Å². The highest BCUT2D eigenvalue weighted by Crippen LogP contribution is 2.24. The van der Waals surface area contributed by atoms with Crippen molar-refractivity contribution >= 4 is 27.3 Å². The predicted molar refractivity (Wildman–Crippen MR) is 62.7 cm³/mol. The van der Waals surface area contributed by atoms with Crippen LogP contribution < -0.4 is 10.5 Å². The molecule has 0 fully saturated rings. The van der Waals surface area contributed by atoms with Crippen molar-refractivity contribution in [2.24, 2.45) is 0 Å². The van der Waals surface area contributed by atoms with Crippen LogP contribution in [0.3, 0.4) is 0 Å². The van der Waals surface area contributed by atoms with Crippen LogP contribution in [-0.2, 0) is 10.0 Å². The lowest BCUT2D eigenvalue weighted by atomic mass is 10.3. The average molecular weight is 283 g/mol. The number of benzene rings is 1. The van der Waals surface area contributed by atoms with Crippen molar-refractivity contribution in [2.75, 3.05) is 18.9 Å². The zero-order chi connectivity index (χ0) is 13.1. The molecule has 0 saturated carbocycles. The number of hydrogen-bond acceptors (Lipinski definition) is 4. The van der Waals surface area contributed by atoms with Gasteiger partial charge in [0.25, 0.3) is 0 Å². The van der Waals surface area contributed by atoms with Gasteiger partial charge in [0, 0.05) is 18.2 Å². The van der Waals surface area contributed by atoms with Gasteiger partial charge in [-0.15, -0.1) is 0 Å². The first kappa shape index (κ1) is 14.2. The van der Waals surface area contributed by atoms with Crippen LogP contribution in [0.5, 0.6) is 0 Å². The Bertz CT molecular complexity index is 507. The number of anilines is 1. The van der Waals surface area contributed by atoms with E-state index in [4.69, 9.17) is 22.4 Å². The van der Waals surface area contributed by atoms with Gasteiger partial charge in [-0.3, -0.25) is 0 Å². The summed E-state index contributed by atoms with van der Waals surface area (Å²) < 4.78 is 39.0. The Hall–Kier alpha value is -0.890. The van der Waals surface area contributed by atoms with Crippen molar-refractivity contribution in [3.05, 3.63) is 23.0 Å². The van der Waals surface area contributed by atoms with Crippen LogP contribution in [0.2, 0.25) is 5.02 Å². The molecule has 0 amide bonds. The molecule has 0 unspecified atom stereocenters. The van der Waals surface area contributed by atoms with Gasteiger partial charge in [-0.25, -0.2) is 17.5 Å². The van der Waals surface area contributed by atoms with Gasteiger partial charge in [0.15, 0.2) is 5.82 Å². The lowest BCUT2D eigenvalue weighted by molar-refractivity contribution is 0.289. The number of hydrogen-bond donors (Lipinski definition) is 3. The van der Waals surface area contributed by atoms with Crippen molar-refractivity contribution < 1.29 is 17.9 Å². The van der Waals surface area contributed by atoms with Gasteiger partial charge in [-0.2, -0.15) is 0 Å².